The number of aliphatic imine (C=N–C) groups is 1. The number of alkyl halides is 3. The highest BCUT2D eigenvalue weighted by atomic mass is 19.4. The summed E-state index contributed by atoms with van der Waals surface area (Å²) in [5, 5.41) is 8.69. The zero-order valence-corrected chi connectivity index (χ0v) is 15.9. The molecular weight excluding hydrogens is 357 g/mol. The monoisotopic (exact) mass is 382 g/mol. The quantitative estimate of drug-likeness (QED) is 0.426. The summed E-state index contributed by atoms with van der Waals surface area (Å²) in [5.41, 5.74) is -0.797. The number of halogens is 3. The normalized spacial score (nSPS) is 12.0. The molecule has 0 aliphatic heterocycles. The molecular formula is C19H25F3N4O. The van der Waals surface area contributed by atoms with Crippen LogP contribution in [-0.2, 0) is 11.0 Å². The van der Waals surface area contributed by atoms with Gasteiger partial charge in [-0.2, -0.15) is 13.2 Å². The van der Waals surface area contributed by atoms with Crippen LogP contribution in [-0.4, -0.2) is 37.0 Å². The van der Waals surface area contributed by atoms with Gasteiger partial charge in [-0.1, -0.05) is 17.9 Å². The maximum absolute atomic E-state index is 12.7. The topological polar surface area (TPSA) is 65.5 Å². The third kappa shape index (κ3) is 9.54. The van der Waals surface area contributed by atoms with Crippen molar-refractivity contribution in [1.82, 2.24) is 16.0 Å². The summed E-state index contributed by atoms with van der Waals surface area (Å²) in [7, 11) is 0. The minimum Gasteiger partial charge on any atom is -0.357 e. The molecule has 1 aromatic rings. The Balaban J connectivity index is 2.65. The summed E-state index contributed by atoms with van der Waals surface area (Å²) in [5.74, 6) is 5.61. The summed E-state index contributed by atoms with van der Waals surface area (Å²) >= 11 is 0. The summed E-state index contributed by atoms with van der Waals surface area (Å²) in [6.07, 6.45) is -4.39. The maximum atomic E-state index is 12.7. The lowest BCUT2D eigenvalue weighted by atomic mass is 10.1. The van der Waals surface area contributed by atoms with Gasteiger partial charge in [0.25, 0.3) is 0 Å². The van der Waals surface area contributed by atoms with Crippen molar-refractivity contribution in [2.24, 2.45) is 4.99 Å². The molecule has 0 aromatic heterocycles. The van der Waals surface area contributed by atoms with Crippen molar-refractivity contribution in [3.05, 3.63) is 35.4 Å². The smallest absolute Gasteiger partial charge is 0.357 e. The van der Waals surface area contributed by atoms with E-state index in [0.717, 1.165) is 12.1 Å². The van der Waals surface area contributed by atoms with Gasteiger partial charge in [0.05, 0.1) is 12.1 Å². The Bertz CT molecular complexity index is 725. The number of amides is 1. The summed E-state index contributed by atoms with van der Waals surface area (Å²) in [6.45, 7) is 8.22. The molecule has 8 heteroatoms. The van der Waals surface area contributed by atoms with Gasteiger partial charge in [0.1, 0.15) is 6.54 Å². The van der Waals surface area contributed by atoms with Crippen LogP contribution in [0.3, 0.4) is 0 Å². The highest BCUT2D eigenvalue weighted by molar-refractivity contribution is 5.85. The van der Waals surface area contributed by atoms with Crippen molar-refractivity contribution in [3.63, 3.8) is 0 Å². The molecule has 0 spiro atoms. The number of hydrogen-bond acceptors (Lipinski definition) is 2. The third-order valence-electron chi connectivity index (χ3n) is 3.01. The van der Waals surface area contributed by atoms with Crippen molar-refractivity contribution in [3.8, 4) is 11.8 Å². The summed E-state index contributed by atoms with van der Waals surface area (Å²) in [4.78, 5) is 16.0. The van der Waals surface area contributed by atoms with Crippen LogP contribution in [0.5, 0.6) is 0 Å². The fraction of sp³-hybridized carbons (Fsp3) is 0.474. The van der Waals surface area contributed by atoms with Crippen molar-refractivity contribution >= 4 is 11.9 Å². The Morgan fingerprint density at radius 1 is 1.19 bits per heavy atom. The van der Waals surface area contributed by atoms with Crippen LogP contribution >= 0.6 is 0 Å². The largest absolute Gasteiger partial charge is 0.416 e. The molecule has 1 aromatic carbocycles. The highest BCUT2D eigenvalue weighted by Crippen LogP contribution is 2.29. The minimum absolute atomic E-state index is 0.0480. The van der Waals surface area contributed by atoms with E-state index in [0.29, 0.717) is 12.5 Å². The lowest BCUT2D eigenvalue weighted by Crippen LogP contribution is -2.43. The van der Waals surface area contributed by atoms with Gasteiger partial charge in [0, 0.05) is 17.6 Å². The number of guanidine groups is 1. The Morgan fingerprint density at radius 3 is 2.48 bits per heavy atom. The molecule has 27 heavy (non-hydrogen) atoms. The van der Waals surface area contributed by atoms with E-state index in [1.54, 1.807) is 0 Å². The molecule has 0 bridgehead atoms. The van der Waals surface area contributed by atoms with Crippen LogP contribution in [0.25, 0.3) is 0 Å². The van der Waals surface area contributed by atoms with E-state index in [2.05, 4.69) is 32.8 Å². The van der Waals surface area contributed by atoms with Crippen LogP contribution in [0, 0.1) is 11.8 Å². The molecule has 0 unspecified atom stereocenters. The van der Waals surface area contributed by atoms with Gasteiger partial charge in [0.2, 0.25) is 5.91 Å². The molecule has 0 aliphatic rings. The minimum atomic E-state index is -4.39. The molecule has 0 saturated carbocycles. The number of nitrogens with zero attached hydrogens (tertiary/aromatic N) is 1. The van der Waals surface area contributed by atoms with Crippen LogP contribution in [0.15, 0.2) is 29.3 Å². The first-order valence-electron chi connectivity index (χ1n) is 8.50. The SMILES string of the molecule is CCNC(=NCC(=O)NC(C)(C)C)NCC#Cc1cccc(C(F)(F)F)c1. The van der Waals surface area contributed by atoms with Crippen molar-refractivity contribution in [2.75, 3.05) is 19.6 Å². The number of carbonyl (C=O) groups excluding carboxylic acids is 1. The van der Waals surface area contributed by atoms with Crippen LogP contribution in [0.4, 0.5) is 13.2 Å². The standard InChI is InChI=1S/C19H25F3N4O/c1-5-23-17(25-13-16(27)26-18(2,3)4)24-11-7-9-14-8-6-10-15(12-14)19(20,21)22/h6,8,10,12H,5,11,13H2,1-4H3,(H,26,27)(H2,23,24,25). The second-order valence-electron chi connectivity index (χ2n) is 6.73. The third-order valence-corrected chi connectivity index (χ3v) is 3.01. The molecule has 0 radical (unpaired) electrons. The van der Waals surface area contributed by atoms with E-state index in [1.165, 1.54) is 12.1 Å². The molecule has 3 N–H and O–H groups in total. The molecule has 1 rings (SSSR count). The average molecular weight is 382 g/mol. The summed E-state index contributed by atoms with van der Waals surface area (Å²) in [6, 6.07) is 4.84. The van der Waals surface area contributed by atoms with Gasteiger partial charge >= 0.3 is 6.18 Å². The zero-order chi connectivity index (χ0) is 20.5. The molecule has 0 aliphatic carbocycles. The molecule has 0 heterocycles. The fourth-order valence-electron chi connectivity index (χ4n) is 2.00. The first kappa shape index (κ1) is 22.4. The fourth-order valence-corrected chi connectivity index (χ4v) is 2.00. The van der Waals surface area contributed by atoms with E-state index in [4.69, 9.17) is 0 Å². The first-order chi connectivity index (χ1) is 12.5. The average Bonchev–Trinajstić information content (AvgIpc) is 2.54. The van der Waals surface area contributed by atoms with E-state index in [-0.39, 0.29) is 30.1 Å². The lowest BCUT2D eigenvalue weighted by molar-refractivity contribution is -0.137. The van der Waals surface area contributed by atoms with E-state index in [1.807, 2.05) is 27.7 Å². The van der Waals surface area contributed by atoms with E-state index >= 15 is 0 Å². The molecule has 5 nitrogen and oxygen atoms in total. The Hall–Kier alpha value is -2.69. The van der Waals surface area contributed by atoms with Crippen LogP contribution in [0.2, 0.25) is 0 Å². The Labute approximate surface area is 157 Å². The van der Waals surface area contributed by atoms with Gasteiger partial charge < -0.3 is 16.0 Å². The van der Waals surface area contributed by atoms with Gasteiger partial charge in [-0.15, -0.1) is 0 Å². The van der Waals surface area contributed by atoms with E-state index < -0.39 is 11.7 Å². The van der Waals surface area contributed by atoms with Gasteiger partial charge in [-0.3, -0.25) is 4.79 Å². The zero-order valence-electron chi connectivity index (χ0n) is 15.9. The molecule has 0 saturated heterocycles. The lowest BCUT2D eigenvalue weighted by Gasteiger charge is -2.19. The predicted octanol–water partition coefficient (Wildman–Crippen LogP) is 2.53. The molecule has 1 amide bonds. The number of benzene rings is 1. The Morgan fingerprint density at radius 2 is 1.89 bits per heavy atom. The number of rotatable bonds is 4. The second kappa shape index (κ2) is 9.86. The van der Waals surface area contributed by atoms with Gasteiger partial charge in [0.15, 0.2) is 5.96 Å². The van der Waals surface area contributed by atoms with Crippen LogP contribution in [0.1, 0.15) is 38.8 Å². The van der Waals surface area contributed by atoms with E-state index in [9.17, 15) is 18.0 Å². The van der Waals surface area contributed by atoms with Crippen molar-refractivity contribution in [2.45, 2.75) is 39.4 Å². The number of nitrogens with one attached hydrogen (secondary N) is 3. The summed E-state index contributed by atoms with van der Waals surface area (Å²) < 4.78 is 38.0. The molecule has 148 valence electrons. The first-order valence-corrected chi connectivity index (χ1v) is 8.50. The number of hydrogen-bond donors (Lipinski definition) is 3. The number of carbonyl (C=O) groups is 1. The van der Waals surface area contributed by atoms with Crippen molar-refractivity contribution < 1.29 is 18.0 Å². The van der Waals surface area contributed by atoms with Gasteiger partial charge in [-0.25, -0.2) is 4.99 Å². The highest BCUT2D eigenvalue weighted by Gasteiger charge is 2.30. The molecule has 0 atom stereocenters. The molecule has 0 fully saturated rings. The predicted molar refractivity (Wildman–Crippen MR) is 100 cm³/mol. The maximum Gasteiger partial charge on any atom is 0.416 e. The van der Waals surface area contributed by atoms with Crippen molar-refractivity contribution in [1.29, 1.82) is 0 Å². The van der Waals surface area contributed by atoms with Gasteiger partial charge in [-0.05, 0) is 45.9 Å². The van der Waals surface area contributed by atoms with Crippen LogP contribution < -0.4 is 16.0 Å². The second-order valence-corrected chi connectivity index (χ2v) is 6.73. The Kier molecular flexibility index (Phi) is 8.16.